The molecule has 0 radical (unpaired) electrons. The Morgan fingerprint density at radius 1 is 1.03 bits per heavy atom. The number of hydrogen-bond donors (Lipinski definition) is 1. The first-order valence-corrected chi connectivity index (χ1v) is 9.02. The summed E-state index contributed by atoms with van der Waals surface area (Å²) >= 11 is 0. The quantitative estimate of drug-likeness (QED) is 0.468. The molecule has 0 atom stereocenters. The lowest BCUT2D eigenvalue weighted by Gasteiger charge is -2.12. The summed E-state index contributed by atoms with van der Waals surface area (Å²) in [5.41, 5.74) is 2.21. The van der Waals surface area contributed by atoms with Crippen molar-refractivity contribution in [3.8, 4) is 17.6 Å². The number of benzene rings is 3. The maximum Gasteiger partial charge on any atom is 0.266 e. The third-order valence-electron chi connectivity index (χ3n) is 4.15. The third kappa shape index (κ3) is 5.47. The van der Waals surface area contributed by atoms with Crippen molar-refractivity contribution in [2.45, 2.75) is 6.61 Å². The predicted octanol–water partition coefficient (Wildman–Crippen LogP) is 4.82. The maximum atomic E-state index is 12.5. The standard InChI is InChI=1S/C24H20N2O3/c1-28-22-13-12-19(23(15-22)29-17-18-8-4-2-5-9-18)14-20(16-25)24(27)26-21-10-6-3-7-11-21/h2-15H,17H2,1H3,(H,26,27)/b20-14+. The van der Waals surface area contributed by atoms with E-state index in [-0.39, 0.29) is 5.57 Å². The SMILES string of the molecule is COc1ccc(/C=C(\C#N)C(=O)Nc2ccccc2)c(OCc2ccccc2)c1. The van der Waals surface area contributed by atoms with Crippen LogP contribution in [0.25, 0.3) is 6.08 Å². The van der Waals surface area contributed by atoms with Crippen LogP contribution >= 0.6 is 0 Å². The molecule has 0 spiro atoms. The number of amides is 1. The van der Waals surface area contributed by atoms with Crippen LogP contribution < -0.4 is 14.8 Å². The van der Waals surface area contributed by atoms with E-state index in [0.29, 0.717) is 29.4 Å². The van der Waals surface area contributed by atoms with Crippen molar-refractivity contribution < 1.29 is 14.3 Å². The fourth-order valence-electron chi connectivity index (χ4n) is 2.65. The molecule has 0 unspecified atom stereocenters. The van der Waals surface area contributed by atoms with Gasteiger partial charge in [-0.1, -0.05) is 48.5 Å². The van der Waals surface area contributed by atoms with Crippen LogP contribution in [-0.4, -0.2) is 13.0 Å². The molecule has 144 valence electrons. The molecule has 5 nitrogen and oxygen atoms in total. The zero-order valence-electron chi connectivity index (χ0n) is 16.0. The Bertz CT molecular complexity index is 1040. The van der Waals surface area contributed by atoms with E-state index >= 15 is 0 Å². The molecular weight excluding hydrogens is 364 g/mol. The van der Waals surface area contributed by atoms with Gasteiger partial charge in [-0.05, 0) is 35.9 Å². The molecule has 0 aromatic heterocycles. The van der Waals surface area contributed by atoms with Gasteiger partial charge in [0.05, 0.1) is 7.11 Å². The minimum absolute atomic E-state index is 0.0245. The summed E-state index contributed by atoms with van der Waals surface area (Å²) in [6.45, 7) is 0.354. The monoisotopic (exact) mass is 384 g/mol. The number of rotatable bonds is 7. The Morgan fingerprint density at radius 3 is 2.38 bits per heavy atom. The molecule has 3 aromatic carbocycles. The van der Waals surface area contributed by atoms with Gasteiger partial charge in [-0.15, -0.1) is 0 Å². The minimum Gasteiger partial charge on any atom is -0.497 e. The van der Waals surface area contributed by atoms with Crippen molar-refractivity contribution in [1.82, 2.24) is 0 Å². The number of methoxy groups -OCH3 is 1. The molecule has 29 heavy (non-hydrogen) atoms. The fourth-order valence-corrected chi connectivity index (χ4v) is 2.65. The molecule has 3 aromatic rings. The molecule has 3 rings (SSSR count). The van der Waals surface area contributed by atoms with Crippen LogP contribution in [0.5, 0.6) is 11.5 Å². The molecule has 0 heterocycles. The summed E-state index contributed by atoms with van der Waals surface area (Å²) in [4.78, 5) is 12.5. The summed E-state index contributed by atoms with van der Waals surface area (Å²) in [6, 6.07) is 25.9. The fraction of sp³-hybridized carbons (Fsp3) is 0.0833. The first-order valence-electron chi connectivity index (χ1n) is 9.02. The van der Waals surface area contributed by atoms with Crippen molar-refractivity contribution in [2.75, 3.05) is 12.4 Å². The van der Waals surface area contributed by atoms with E-state index in [2.05, 4.69) is 5.32 Å². The van der Waals surface area contributed by atoms with Crippen LogP contribution in [-0.2, 0) is 11.4 Å². The number of para-hydroxylation sites is 1. The normalized spacial score (nSPS) is 10.7. The summed E-state index contributed by atoms with van der Waals surface area (Å²) in [6.07, 6.45) is 1.51. The van der Waals surface area contributed by atoms with Gasteiger partial charge in [-0.25, -0.2) is 0 Å². The Kier molecular flexibility index (Phi) is 6.64. The van der Waals surface area contributed by atoms with Crippen LogP contribution in [0, 0.1) is 11.3 Å². The minimum atomic E-state index is -0.483. The Balaban J connectivity index is 1.85. The van der Waals surface area contributed by atoms with E-state index in [4.69, 9.17) is 9.47 Å². The van der Waals surface area contributed by atoms with Crippen molar-refractivity contribution in [1.29, 1.82) is 5.26 Å². The van der Waals surface area contributed by atoms with Crippen molar-refractivity contribution in [3.05, 3.63) is 95.6 Å². The van der Waals surface area contributed by atoms with Crippen molar-refractivity contribution >= 4 is 17.7 Å². The van der Waals surface area contributed by atoms with E-state index in [0.717, 1.165) is 5.56 Å². The van der Waals surface area contributed by atoms with E-state index < -0.39 is 5.91 Å². The lowest BCUT2D eigenvalue weighted by molar-refractivity contribution is -0.112. The summed E-state index contributed by atoms with van der Waals surface area (Å²) < 4.78 is 11.2. The van der Waals surface area contributed by atoms with Gasteiger partial charge in [-0.2, -0.15) is 5.26 Å². The van der Waals surface area contributed by atoms with Gasteiger partial charge in [0.1, 0.15) is 29.7 Å². The van der Waals surface area contributed by atoms with Crippen LogP contribution in [0.1, 0.15) is 11.1 Å². The number of anilines is 1. The molecule has 1 amide bonds. The number of nitriles is 1. The Morgan fingerprint density at radius 2 is 1.72 bits per heavy atom. The number of hydrogen-bond acceptors (Lipinski definition) is 4. The van der Waals surface area contributed by atoms with Gasteiger partial charge >= 0.3 is 0 Å². The molecule has 0 saturated heterocycles. The zero-order chi connectivity index (χ0) is 20.5. The number of nitrogens with zero attached hydrogens (tertiary/aromatic N) is 1. The van der Waals surface area contributed by atoms with E-state index in [1.165, 1.54) is 6.08 Å². The second-order valence-electron chi connectivity index (χ2n) is 6.17. The molecule has 5 heteroatoms. The number of ether oxygens (including phenoxy) is 2. The third-order valence-corrected chi connectivity index (χ3v) is 4.15. The van der Waals surface area contributed by atoms with E-state index in [1.54, 1.807) is 37.4 Å². The average Bonchev–Trinajstić information content (AvgIpc) is 2.77. The lowest BCUT2D eigenvalue weighted by Crippen LogP contribution is -2.13. The highest BCUT2D eigenvalue weighted by Crippen LogP contribution is 2.28. The molecule has 0 aliphatic carbocycles. The predicted molar refractivity (Wildman–Crippen MR) is 112 cm³/mol. The Labute approximate surface area is 169 Å². The zero-order valence-corrected chi connectivity index (χ0v) is 16.0. The number of carbonyl (C=O) groups excluding carboxylic acids is 1. The van der Waals surface area contributed by atoms with Gasteiger partial charge in [0.25, 0.3) is 5.91 Å². The summed E-state index contributed by atoms with van der Waals surface area (Å²) in [5.74, 6) is 0.662. The van der Waals surface area contributed by atoms with Gasteiger partial charge < -0.3 is 14.8 Å². The Hall–Kier alpha value is -4.04. The van der Waals surface area contributed by atoms with E-state index in [9.17, 15) is 10.1 Å². The molecule has 0 fully saturated rings. The molecule has 0 aliphatic heterocycles. The smallest absolute Gasteiger partial charge is 0.266 e. The number of carbonyl (C=O) groups is 1. The highest BCUT2D eigenvalue weighted by molar-refractivity contribution is 6.09. The molecular formula is C24H20N2O3. The van der Waals surface area contributed by atoms with Crippen molar-refractivity contribution in [3.63, 3.8) is 0 Å². The molecule has 1 N–H and O–H groups in total. The van der Waals surface area contributed by atoms with Gasteiger partial charge in [0.2, 0.25) is 0 Å². The average molecular weight is 384 g/mol. The van der Waals surface area contributed by atoms with Gasteiger partial charge in [0, 0.05) is 17.3 Å². The van der Waals surface area contributed by atoms with Crippen LogP contribution in [0.3, 0.4) is 0 Å². The highest BCUT2D eigenvalue weighted by atomic mass is 16.5. The van der Waals surface area contributed by atoms with Crippen LogP contribution in [0.15, 0.2) is 84.4 Å². The van der Waals surface area contributed by atoms with Crippen molar-refractivity contribution in [2.24, 2.45) is 0 Å². The van der Waals surface area contributed by atoms with Gasteiger partial charge in [-0.3, -0.25) is 4.79 Å². The topological polar surface area (TPSA) is 71.3 Å². The summed E-state index contributed by atoms with van der Waals surface area (Å²) in [5, 5.41) is 12.2. The summed E-state index contributed by atoms with van der Waals surface area (Å²) in [7, 11) is 1.57. The second kappa shape index (κ2) is 9.77. The second-order valence-corrected chi connectivity index (χ2v) is 6.17. The molecule has 0 aliphatic rings. The largest absolute Gasteiger partial charge is 0.497 e. The van der Waals surface area contributed by atoms with Gasteiger partial charge in [0.15, 0.2) is 0 Å². The molecule has 0 bridgehead atoms. The first kappa shape index (κ1) is 19.7. The van der Waals surface area contributed by atoms with E-state index in [1.807, 2.05) is 54.6 Å². The van der Waals surface area contributed by atoms with Crippen LogP contribution in [0.4, 0.5) is 5.69 Å². The first-order chi connectivity index (χ1) is 14.2. The highest BCUT2D eigenvalue weighted by Gasteiger charge is 2.12. The van der Waals surface area contributed by atoms with Crippen LogP contribution in [0.2, 0.25) is 0 Å². The molecule has 0 saturated carbocycles. The lowest BCUT2D eigenvalue weighted by atomic mass is 10.1. The number of nitrogens with one attached hydrogen (secondary N) is 1. The maximum absolute atomic E-state index is 12.5.